The first-order chi connectivity index (χ1) is 9.70. The van der Waals surface area contributed by atoms with Crippen molar-refractivity contribution in [3.63, 3.8) is 0 Å². The van der Waals surface area contributed by atoms with E-state index in [-0.39, 0.29) is 11.0 Å². The Morgan fingerprint density at radius 2 is 1.85 bits per heavy atom. The summed E-state index contributed by atoms with van der Waals surface area (Å²) in [6.45, 7) is 6.48. The number of amides is 1. The van der Waals surface area contributed by atoms with E-state index in [9.17, 15) is 9.59 Å². The lowest BCUT2D eigenvalue weighted by Crippen LogP contribution is -2.21. The predicted octanol–water partition coefficient (Wildman–Crippen LogP) is 4.20. The minimum absolute atomic E-state index is 0.0601. The number of hydrogen-bond acceptors (Lipinski definition) is 3. The Morgan fingerprint density at radius 3 is 2.55 bits per heavy atom. The number of unbranched alkanes of at least 4 members (excludes halogenated alkanes) is 5. The smallest absolute Gasteiger partial charge is 0.244 e. The molecule has 0 aromatic carbocycles. The molecule has 0 bridgehead atoms. The Morgan fingerprint density at radius 1 is 1.15 bits per heavy atom. The van der Waals surface area contributed by atoms with Crippen LogP contribution in [0, 0.1) is 0 Å². The highest BCUT2D eigenvalue weighted by molar-refractivity contribution is 8.16. The molecule has 0 unspecified atom stereocenters. The quantitative estimate of drug-likeness (QED) is 0.333. The van der Waals surface area contributed by atoms with Crippen LogP contribution in [0.3, 0.4) is 0 Å². The van der Waals surface area contributed by atoms with Crippen molar-refractivity contribution < 1.29 is 9.59 Å². The van der Waals surface area contributed by atoms with E-state index in [4.69, 9.17) is 0 Å². The summed E-state index contributed by atoms with van der Waals surface area (Å²) in [7, 11) is 0. The Balaban J connectivity index is 3.48. The number of allylic oxidation sites excluding steroid dienone is 1. The summed E-state index contributed by atoms with van der Waals surface area (Å²) in [6.07, 6.45) is 11.6. The molecule has 0 aliphatic heterocycles. The number of hydrogen-bond donors (Lipinski definition) is 1. The summed E-state index contributed by atoms with van der Waals surface area (Å²) in [5.41, 5.74) is 0. The average Bonchev–Trinajstić information content (AvgIpc) is 2.44. The Labute approximate surface area is 127 Å². The monoisotopic (exact) mass is 297 g/mol. The fourth-order valence-electron chi connectivity index (χ4n) is 1.63. The summed E-state index contributed by atoms with van der Waals surface area (Å²) in [5.74, 6) is -0.123. The largest absolute Gasteiger partial charge is 0.353 e. The lowest BCUT2D eigenvalue weighted by atomic mass is 10.1. The molecule has 0 radical (unpaired) electrons. The molecule has 4 heteroatoms. The molecule has 0 heterocycles. The number of nitrogens with one attached hydrogen (secondary N) is 1. The Hall–Kier alpha value is -1.03. The van der Waals surface area contributed by atoms with E-state index in [1.807, 2.05) is 0 Å². The van der Waals surface area contributed by atoms with Gasteiger partial charge in [0.15, 0.2) is 5.12 Å². The van der Waals surface area contributed by atoms with Gasteiger partial charge in [-0.05, 0) is 18.2 Å². The van der Waals surface area contributed by atoms with Gasteiger partial charge < -0.3 is 5.32 Å². The Bertz CT molecular complexity index is 314. The summed E-state index contributed by atoms with van der Waals surface area (Å²) < 4.78 is 0. The maximum absolute atomic E-state index is 11.4. The third-order valence-electron chi connectivity index (χ3n) is 2.80. The average molecular weight is 297 g/mol. The second kappa shape index (κ2) is 14.4. The van der Waals surface area contributed by atoms with E-state index < -0.39 is 0 Å². The standard InChI is InChI=1S/C16H27NO2S/c1-3-5-7-8-9-10-13-17-15(18)12-14-20-16(19)11-6-4-2/h4,12,14H,2-3,5-11,13H2,1H3,(H,17,18)/b14-12-. The first kappa shape index (κ1) is 19.0. The lowest BCUT2D eigenvalue weighted by Gasteiger charge is -2.02. The van der Waals surface area contributed by atoms with E-state index in [1.54, 1.807) is 11.5 Å². The lowest BCUT2D eigenvalue weighted by molar-refractivity contribution is -0.116. The van der Waals surface area contributed by atoms with Crippen molar-refractivity contribution in [1.29, 1.82) is 0 Å². The van der Waals surface area contributed by atoms with Gasteiger partial charge in [0.05, 0.1) is 0 Å². The molecule has 0 aromatic heterocycles. The summed E-state index contributed by atoms with van der Waals surface area (Å²) in [5, 5.41) is 4.44. The molecule has 0 aliphatic rings. The normalized spacial score (nSPS) is 10.7. The Kier molecular flexibility index (Phi) is 13.6. The first-order valence-corrected chi connectivity index (χ1v) is 8.33. The van der Waals surface area contributed by atoms with Crippen LogP contribution in [-0.2, 0) is 9.59 Å². The van der Waals surface area contributed by atoms with Crippen LogP contribution < -0.4 is 5.32 Å². The topological polar surface area (TPSA) is 46.2 Å². The number of thioether (sulfide) groups is 1. The molecule has 114 valence electrons. The van der Waals surface area contributed by atoms with Gasteiger partial charge in [-0.1, -0.05) is 56.9 Å². The minimum atomic E-state index is -0.123. The summed E-state index contributed by atoms with van der Waals surface area (Å²) in [4.78, 5) is 22.7. The van der Waals surface area contributed by atoms with Crippen LogP contribution in [0.25, 0.3) is 0 Å². The molecule has 0 saturated carbocycles. The molecule has 0 rings (SSSR count). The van der Waals surface area contributed by atoms with E-state index in [0.717, 1.165) is 18.2 Å². The fraction of sp³-hybridized carbons (Fsp3) is 0.625. The van der Waals surface area contributed by atoms with E-state index >= 15 is 0 Å². The molecule has 20 heavy (non-hydrogen) atoms. The molecule has 0 spiro atoms. The molecule has 0 aromatic rings. The molecule has 0 saturated heterocycles. The van der Waals surface area contributed by atoms with Gasteiger partial charge in [0.25, 0.3) is 0 Å². The number of carbonyl (C=O) groups excluding carboxylic acids is 2. The van der Waals surface area contributed by atoms with Crippen LogP contribution in [0.15, 0.2) is 24.1 Å². The molecule has 0 fully saturated rings. The third-order valence-corrected chi connectivity index (χ3v) is 3.54. The maximum Gasteiger partial charge on any atom is 0.244 e. The fourth-order valence-corrected chi connectivity index (χ4v) is 2.21. The van der Waals surface area contributed by atoms with Gasteiger partial charge in [0, 0.05) is 19.0 Å². The zero-order valence-corrected chi connectivity index (χ0v) is 13.3. The molecule has 1 amide bonds. The first-order valence-electron chi connectivity index (χ1n) is 7.45. The van der Waals surface area contributed by atoms with Crippen molar-refractivity contribution in [1.82, 2.24) is 5.32 Å². The van der Waals surface area contributed by atoms with E-state index in [2.05, 4.69) is 18.8 Å². The van der Waals surface area contributed by atoms with Crippen LogP contribution in [0.4, 0.5) is 0 Å². The van der Waals surface area contributed by atoms with Gasteiger partial charge in [-0.25, -0.2) is 0 Å². The van der Waals surface area contributed by atoms with Gasteiger partial charge in [-0.3, -0.25) is 9.59 Å². The van der Waals surface area contributed by atoms with Crippen molar-refractivity contribution in [2.75, 3.05) is 6.54 Å². The third kappa shape index (κ3) is 13.4. The van der Waals surface area contributed by atoms with Crippen molar-refractivity contribution in [3.8, 4) is 0 Å². The highest BCUT2D eigenvalue weighted by Crippen LogP contribution is 2.09. The molecular formula is C16H27NO2S. The van der Waals surface area contributed by atoms with Crippen LogP contribution in [0.2, 0.25) is 0 Å². The number of carbonyl (C=O) groups is 2. The van der Waals surface area contributed by atoms with Crippen LogP contribution in [-0.4, -0.2) is 17.6 Å². The molecular weight excluding hydrogens is 270 g/mol. The molecule has 0 aliphatic carbocycles. The summed E-state index contributed by atoms with van der Waals surface area (Å²) >= 11 is 1.07. The van der Waals surface area contributed by atoms with Crippen molar-refractivity contribution in [2.45, 2.75) is 58.3 Å². The van der Waals surface area contributed by atoms with Gasteiger partial charge in [-0.2, -0.15) is 0 Å². The van der Waals surface area contributed by atoms with Crippen LogP contribution >= 0.6 is 11.8 Å². The zero-order chi connectivity index (χ0) is 15.1. The van der Waals surface area contributed by atoms with Crippen LogP contribution in [0.1, 0.15) is 58.3 Å². The van der Waals surface area contributed by atoms with Crippen LogP contribution in [0.5, 0.6) is 0 Å². The SMILES string of the molecule is C=CCCC(=O)S/C=C\C(=O)NCCCCCCCC. The molecule has 3 nitrogen and oxygen atoms in total. The molecule has 1 N–H and O–H groups in total. The highest BCUT2D eigenvalue weighted by atomic mass is 32.2. The van der Waals surface area contributed by atoms with Crippen molar-refractivity contribution in [2.24, 2.45) is 0 Å². The van der Waals surface area contributed by atoms with E-state index in [0.29, 0.717) is 19.4 Å². The van der Waals surface area contributed by atoms with Crippen molar-refractivity contribution >= 4 is 22.8 Å². The van der Waals surface area contributed by atoms with E-state index in [1.165, 1.54) is 38.2 Å². The van der Waals surface area contributed by atoms with Gasteiger partial charge >= 0.3 is 0 Å². The zero-order valence-electron chi connectivity index (χ0n) is 12.5. The number of rotatable bonds is 12. The summed E-state index contributed by atoms with van der Waals surface area (Å²) in [6, 6.07) is 0. The maximum atomic E-state index is 11.4. The van der Waals surface area contributed by atoms with Crippen molar-refractivity contribution in [3.05, 3.63) is 24.1 Å². The second-order valence-corrected chi connectivity index (χ2v) is 5.64. The van der Waals surface area contributed by atoms with Gasteiger partial charge in [0.2, 0.25) is 5.91 Å². The minimum Gasteiger partial charge on any atom is -0.353 e. The highest BCUT2D eigenvalue weighted by Gasteiger charge is 1.99. The molecule has 0 atom stereocenters. The second-order valence-electron chi connectivity index (χ2n) is 4.68. The predicted molar refractivity (Wildman–Crippen MR) is 87.6 cm³/mol. The van der Waals surface area contributed by atoms with Gasteiger partial charge in [-0.15, -0.1) is 6.58 Å². The van der Waals surface area contributed by atoms with Gasteiger partial charge in [0.1, 0.15) is 0 Å².